The molecule has 1 aromatic rings. The molecular weight excluding hydrogens is 290 g/mol. The standard InChI is InChI=1S/C16H31N7/c1-15(22-12-10-21(3)11-13-22)14-19-16(17-2)18-6-4-8-23-9-5-7-20-23/h5,7,9,15H,4,6,8,10-14H2,1-3H3,(H2,17,18,19). The Morgan fingerprint density at radius 2 is 2.04 bits per heavy atom. The summed E-state index contributed by atoms with van der Waals surface area (Å²) in [6.07, 6.45) is 4.83. The molecule has 2 rings (SSSR count). The Labute approximate surface area is 139 Å². The number of aliphatic imine (C=N–C) groups is 1. The van der Waals surface area contributed by atoms with Crippen LogP contribution in [-0.4, -0.2) is 84.9 Å². The molecule has 0 aliphatic carbocycles. The SMILES string of the molecule is CN=C(NCCCn1cccn1)NCC(C)N1CCN(C)CC1. The fourth-order valence-electron chi connectivity index (χ4n) is 2.74. The van der Waals surface area contributed by atoms with Crippen LogP contribution in [0.25, 0.3) is 0 Å². The van der Waals surface area contributed by atoms with Gasteiger partial charge in [0.2, 0.25) is 0 Å². The molecule has 7 heteroatoms. The number of aromatic nitrogens is 2. The number of hydrogen-bond acceptors (Lipinski definition) is 4. The first-order valence-corrected chi connectivity index (χ1v) is 8.53. The second-order valence-corrected chi connectivity index (χ2v) is 6.19. The minimum atomic E-state index is 0.520. The lowest BCUT2D eigenvalue weighted by atomic mass is 10.2. The van der Waals surface area contributed by atoms with Crippen molar-refractivity contribution in [2.75, 3.05) is 53.4 Å². The topological polar surface area (TPSA) is 60.7 Å². The lowest BCUT2D eigenvalue weighted by Crippen LogP contribution is -2.52. The van der Waals surface area contributed by atoms with Gasteiger partial charge in [-0.2, -0.15) is 5.10 Å². The molecule has 1 aliphatic heterocycles. The van der Waals surface area contributed by atoms with E-state index in [4.69, 9.17) is 0 Å². The Bertz CT molecular complexity index is 449. The molecule has 0 aromatic carbocycles. The molecule has 0 amide bonds. The fraction of sp³-hybridized carbons (Fsp3) is 0.750. The second kappa shape index (κ2) is 9.52. The fourth-order valence-corrected chi connectivity index (χ4v) is 2.74. The molecule has 1 unspecified atom stereocenters. The monoisotopic (exact) mass is 321 g/mol. The summed E-state index contributed by atoms with van der Waals surface area (Å²) in [6, 6.07) is 2.47. The Balaban J connectivity index is 1.60. The van der Waals surface area contributed by atoms with Crippen molar-refractivity contribution in [3.8, 4) is 0 Å². The van der Waals surface area contributed by atoms with Gasteiger partial charge in [-0.3, -0.25) is 14.6 Å². The molecule has 7 nitrogen and oxygen atoms in total. The van der Waals surface area contributed by atoms with Gasteiger partial charge in [0.15, 0.2) is 5.96 Å². The number of likely N-dealkylation sites (N-methyl/N-ethyl adjacent to an activating group) is 1. The van der Waals surface area contributed by atoms with Crippen molar-refractivity contribution in [3.05, 3.63) is 18.5 Å². The van der Waals surface area contributed by atoms with Crippen molar-refractivity contribution in [1.29, 1.82) is 0 Å². The number of nitrogens with one attached hydrogen (secondary N) is 2. The summed E-state index contributed by atoms with van der Waals surface area (Å²) in [5, 5.41) is 11.0. The predicted molar refractivity (Wildman–Crippen MR) is 94.7 cm³/mol. The van der Waals surface area contributed by atoms with E-state index in [0.717, 1.165) is 58.2 Å². The average molecular weight is 321 g/mol. The van der Waals surface area contributed by atoms with Crippen LogP contribution in [-0.2, 0) is 6.54 Å². The lowest BCUT2D eigenvalue weighted by Gasteiger charge is -2.36. The second-order valence-electron chi connectivity index (χ2n) is 6.19. The van der Waals surface area contributed by atoms with Gasteiger partial charge in [-0.25, -0.2) is 0 Å². The lowest BCUT2D eigenvalue weighted by molar-refractivity contribution is 0.120. The van der Waals surface area contributed by atoms with E-state index in [-0.39, 0.29) is 0 Å². The normalized spacial score (nSPS) is 18.8. The van der Waals surface area contributed by atoms with Crippen molar-refractivity contribution >= 4 is 5.96 Å². The van der Waals surface area contributed by atoms with E-state index in [1.54, 1.807) is 0 Å². The van der Waals surface area contributed by atoms with Gasteiger partial charge in [-0.1, -0.05) is 0 Å². The molecule has 130 valence electrons. The summed E-state index contributed by atoms with van der Waals surface area (Å²) < 4.78 is 1.95. The van der Waals surface area contributed by atoms with Crippen molar-refractivity contribution < 1.29 is 0 Å². The van der Waals surface area contributed by atoms with Crippen LogP contribution in [0.1, 0.15) is 13.3 Å². The van der Waals surface area contributed by atoms with Gasteiger partial charge in [0.05, 0.1) is 0 Å². The van der Waals surface area contributed by atoms with Gasteiger partial charge >= 0.3 is 0 Å². The minimum absolute atomic E-state index is 0.520. The van der Waals surface area contributed by atoms with Crippen LogP contribution in [0.5, 0.6) is 0 Å². The smallest absolute Gasteiger partial charge is 0.191 e. The van der Waals surface area contributed by atoms with Crippen LogP contribution in [0.2, 0.25) is 0 Å². The summed E-state index contributed by atoms with van der Waals surface area (Å²) in [5.41, 5.74) is 0. The van der Waals surface area contributed by atoms with Crippen LogP contribution in [0.15, 0.2) is 23.5 Å². The van der Waals surface area contributed by atoms with Gasteiger partial charge in [0.25, 0.3) is 0 Å². The van der Waals surface area contributed by atoms with E-state index in [1.165, 1.54) is 0 Å². The van der Waals surface area contributed by atoms with E-state index < -0.39 is 0 Å². The molecule has 0 radical (unpaired) electrons. The third kappa shape index (κ3) is 6.19. The van der Waals surface area contributed by atoms with Crippen molar-refractivity contribution in [2.45, 2.75) is 25.9 Å². The maximum Gasteiger partial charge on any atom is 0.191 e. The Morgan fingerprint density at radius 1 is 1.26 bits per heavy atom. The van der Waals surface area contributed by atoms with E-state index in [9.17, 15) is 0 Å². The zero-order valence-corrected chi connectivity index (χ0v) is 14.7. The molecular formula is C16H31N7. The first-order valence-electron chi connectivity index (χ1n) is 8.53. The van der Waals surface area contributed by atoms with Crippen LogP contribution in [0.3, 0.4) is 0 Å². The van der Waals surface area contributed by atoms with Crippen LogP contribution >= 0.6 is 0 Å². The molecule has 0 spiro atoms. The first-order chi connectivity index (χ1) is 11.2. The van der Waals surface area contributed by atoms with E-state index in [1.807, 2.05) is 30.2 Å². The predicted octanol–water partition coefficient (Wildman–Crippen LogP) is 0.0741. The molecule has 1 atom stereocenters. The van der Waals surface area contributed by atoms with Crippen LogP contribution in [0.4, 0.5) is 0 Å². The van der Waals surface area contributed by atoms with E-state index >= 15 is 0 Å². The highest BCUT2D eigenvalue weighted by Gasteiger charge is 2.18. The molecule has 1 aliphatic rings. The molecule has 1 aromatic heterocycles. The van der Waals surface area contributed by atoms with E-state index in [0.29, 0.717) is 6.04 Å². The maximum absolute atomic E-state index is 4.30. The summed E-state index contributed by atoms with van der Waals surface area (Å²) in [5.74, 6) is 0.881. The Kier molecular flexibility index (Phi) is 7.35. The summed E-state index contributed by atoms with van der Waals surface area (Å²) in [6.45, 7) is 9.63. The average Bonchev–Trinajstić information content (AvgIpc) is 3.08. The van der Waals surface area contributed by atoms with Crippen molar-refractivity contribution in [1.82, 2.24) is 30.2 Å². The molecule has 1 fully saturated rings. The molecule has 0 bridgehead atoms. The van der Waals surface area contributed by atoms with Gasteiger partial charge in [-0.05, 0) is 26.5 Å². The molecule has 0 saturated carbocycles. The van der Waals surface area contributed by atoms with Crippen LogP contribution in [0, 0.1) is 0 Å². The highest BCUT2D eigenvalue weighted by molar-refractivity contribution is 5.79. The number of nitrogens with zero attached hydrogens (tertiary/aromatic N) is 5. The van der Waals surface area contributed by atoms with Crippen LogP contribution < -0.4 is 10.6 Å². The van der Waals surface area contributed by atoms with Gasteiger partial charge in [0.1, 0.15) is 0 Å². The number of piperazine rings is 1. The van der Waals surface area contributed by atoms with Crippen molar-refractivity contribution in [2.24, 2.45) is 4.99 Å². The third-order valence-corrected chi connectivity index (χ3v) is 4.37. The minimum Gasteiger partial charge on any atom is -0.356 e. The number of guanidine groups is 1. The summed E-state index contributed by atoms with van der Waals surface area (Å²) in [4.78, 5) is 9.22. The molecule has 1 saturated heterocycles. The first kappa shape index (κ1) is 17.7. The largest absolute Gasteiger partial charge is 0.356 e. The summed E-state index contributed by atoms with van der Waals surface area (Å²) in [7, 11) is 4.01. The van der Waals surface area contributed by atoms with Crippen molar-refractivity contribution in [3.63, 3.8) is 0 Å². The third-order valence-electron chi connectivity index (χ3n) is 4.37. The van der Waals surface area contributed by atoms with Gasteiger partial charge in [-0.15, -0.1) is 0 Å². The number of rotatable bonds is 7. The highest BCUT2D eigenvalue weighted by Crippen LogP contribution is 2.03. The quantitative estimate of drug-likeness (QED) is 0.423. The number of aryl methyl sites for hydroxylation is 1. The van der Waals surface area contributed by atoms with E-state index in [2.05, 4.69) is 44.5 Å². The van der Waals surface area contributed by atoms with Gasteiger partial charge in [0, 0.05) is 71.3 Å². The Morgan fingerprint density at radius 3 is 2.70 bits per heavy atom. The highest BCUT2D eigenvalue weighted by atomic mass is 15.3. The molecule has 23 heavy (non-hydrogen) atoms. The molecule has 2 N–H and O–H groups in total. The number of hydrogen-bond donors (Lipinski definition) is 2. The maximum atomic E-state index is 4.30. The Hall–Kier alpha value is -1.60. The molecule has 2 heterocycles. The van der Waals surface area contributed by atoms with Gasteiger partial charge < -0.3 is 15.5 Å². The zero-order valence-electron chi connectivity index (χ0n) is 14.7. The zero-order chi connectivity index (χ0) is 16.5. The summed E-state index contributed by atoms with van der Waals surface area (Å²) >= 11 is 0.